The van der Waals surface area contributed by atoms with Gasteiger partial charge in [-0.15, -0.1) is 0 Å². The molecular weight excluding hydrogens is 607 g/mol. The van der Waals surface area contributed by atoms with Gasteiger partial charge in [0.25, 0.3) is 10.1 Å². The van der Waals surface area contributed by atoms with Gasteiger partial charge in [-0.3, -0.25) is 9.35 Å². The smallest absolute Gasteiger partial charge is 0.267 e. The zero-order chi connectivity index (χ0) is 34.7. The second-order valence-electron chi connectivity index (χ2n) is 13.2. The van der Waals surface area contributed by atoms with Crippen LogP contribution in [0.15, 0.2) is 48.6 Å². The van der Waals surface area contributed by atoms with Crippen LogP contribution in [-0.4, -0.2) is 41.9 Å². The quantitative estimate of drug-likeness (QED) is 0.0357. The Morgan fingerprint density at radius 2 is 0.979 bits per heavy atom. The van der Waals surface area contributed by atoms with E-state index in [4.69, 9.17) is 0 Å². The molecule has 2 unspecified atom stereocenters. The van der Waals surface area contributed by atoms with Gasteiger partial charge in [0.1, 0.15) is 0 Å². The van der Waals surface area contributed by atoms with Crippen LogP contribution in [0.1, 0.15) is 181 Å². The van der Waals surface area contributed by atoms with Crippen molar-refractivity contribution in [2.45, 2.75) is 193 Å². The molecule has 0 aromatic rings. The van der Waals surface area contributed by atoms with Crippen molar-refractivity contribution in [3.8, 4) is 0 Å². The van der Waals surface area contributed by atoms with Crippen molar-refractivity contribution < 1.29 is 22.9 Å². The molecule has 0 bridgehead atoms. The zero-order valence-electron chi connectivity index (χ0n) is 30.4. The molecule has 47 heavy (non-hydrogen) atoms. The Bertz CT molecular complexity index is 925. The minimum atomic E-state index is -4.35. The van der Waals surface area contributed by atoms with Crippen LogP contribution in [0, 0.1) is 0 Å². The topological polar surface area (TPSA) is 104 Å². The van der Waals surface area contributed by atoms with Gasteiger partial charge >= 0.3 is 0 Å². The van der Waals surface area contributed by atoms with Gasteiger partial charge in [-0.1, -0.05) is 159 Å². The molecule has 7 heteroatoms. The molecule has 3 N–H and O–H groups in total. The lowest BCUT2D eigenvalue weighted by atomic mass is 10.1. The Morgan fingerprint density at radius 1 is 0.574 bits per heavy atom. The van der Waals surface area contributed by atoms with Crippen molar-refractivity contribution in [3.05, 3.63) is 48.6 Å². The maximum Gasteiger partial charge on any atom is 0.267 e. The Labute approximate surface area is 290 Å². The fourth-order valence-electron chi connectivity index (χ4n) is 5.55. The van der Waals surface area contributed by atoms with Crippen LogP contribution >= 0.6 is 0 Å². The van der Waals surface area contributed by atoms with E-state index in [1.165, 1.54) is 115 Å². The first kappa shape index (κ1) is 45.3. The second-order valence-corrected chi connectivity index (χ2v) is 14.7. The summed E-state index contributed by atoms with van der Waals surface area (Å²) in [6.45, 7) is 4.47. The number of allylic oxidation sites excluding steroid dienone is 7. The summed E-state index contributed by atoms with van der Waals surface area (Å²) in [6, 6.07) is -1.07. The monoisotopic (exact) mass is 680 g/mol. The van der Waals surface area contributed by atoms with Gasteiger partial charge in [-0.05, 0) is 64.2 Å². The summed E-state index contributed by atoms with van der Waals surface area (Å²) in [5.74, 6) is -1.01. The molecule has 0 aliphatic rings. The molecule has 0 saturated heterocycles. The summed E-state index contributed by atoms with van der Waals surface area (Å²) in [6.07, 6.45) is 45.2. The van der Waals surface area contributed by atoms with E-state index in [-0.39, 0.29) is 12.3 Å². The highest BCUT2D eigenvalue weighted by molar-refractivity contribution is 7.85. The van der Waals surface area contributed by atoms with Gasteiger partial charge in [0.2, 0.25) is 5.91 Å². The average Bonchev–Trinajstić information content (AvgIpc) is 3.03. The van der Waals surface area contributed by atoms with Crippen LogP contribution < -0.4 is 5.32 Å². The van der Waals surface area contributed by atoms with Crippen molar-refractivity contribution in [2.75, 3.05) is 5.75 Å². The fourth-order valence-corrected chi connectivity index (χ4v) is 6.29. The van der Waals surface area contributed by atoms with E-state index in [1.807, 2.05) is 0 Å². The summed E-state index contributed by atoms with van der Waals surface area (Å²) in [4.78, 5) is 12.5. The summed E-state index contributed by atoms with van der Waals surface area (Å²) in [5, 5.41) is 13.2. The maximum absolute atomic E-state index is 12.5. The molecule has 0 saturated carbocycles. The van der Waals surface area contributed by atoms with Gasteiger partial charge in [-0.2, -0.15) is 8.42 Å². The van der Waals surface area contributed by atoms with Crippen molar-refractivity contribution in [1.29, 1.82) is 0 Å². The molecule has 0 radical (unpaired) electrons. The van der Waals surface area contributed by atoms with Gasteiger partial charge < -0.3 is 10.4 Å². The third kappa shape index (κ3) is 35.4. The predicted octanol–water partition coefficient (Wildman–Crippen LogP) is 11.1. The average molecular weight is 680 g/mol. The highest BCUT2D eigenvalue weighted by Crippen LogP contribution is 2.13. The molecule has 274 valence electrons. The number of rotatable bonds is 34. The number of nitrogens with one attached hydrogen (secondary N) is 1. The van der Waals surface area contributed by atoms with Crippen LogP contribution in [0.25, 0.3) is 0 Å². The SMILES string of the molecule is CCCCC/C=C\C/C=C\CCCCCCCCCCCC(=O)NC(CS(=O)(=O)O)C(O)/C=C/CC/C=C/CCCCCCCCC. The summed E-state index contributed by atoms with van der Waals surface area (Å²) >= 11 is 0. The van der Waals surface area contributed by atoms with Gasteiger partial charge in [0.15, 0.2) is 0 Å². The zero-order valence-corrected chi connectivity index (χ0v) is 31.2. The molecule has 0 aromatic heterocycles. The van der Waals surface area contributed by atoms with Crippen LogP contribution in [0.2, 0.25) is 0 Å². The molecule has 0 rings (SSSR count). The van der Waals surface area contributed by atoms with Crippen LogP contribution in [0.4, 0.5) is 0 Å². The van der Waals surface area contributed by atoms with E-state index in [1.54, 1.807) is 6.08 Å². The summed E-state index contributed by atoms with van der Waals surface area (Å²) in [7, 11) is -4.35. The van der Waals surface area contributed by atoms with Gasteiger partial charge in [-0.25, -0.2) is 0 Å². The van der Waals surface area contributed by atoms with Crippen molar-refractivity contribution in [3.63, 3.8) is 0 Å². The third-order valence-electron chi connectivity index (χ3n) is 8.48. The number of hydrogen-bond acceptors (Lipinski definition) is 4. The number of carbonyl (C=O) groups is 1. The molecule has 0 aliphatic heterocycles. The minimum absolute atomic E-state index is 0.282. The Hall–Kier alpha value is -1.70. The highest BCUT2D eigenvalue weighted by Gasteiger charge is 2.24. The van der Waals surface area contributed by atoms with Gasteiger partial charge in [0, 0.05) is 6.42 Å². The first-order valence-electron chi connectivity index (χ1n) is 19.3. The number of hydrogen-bond donors (Lipinski definition) is 3. The predicted molar refractivity (Wildman–Crippen MR) is 202 cm³/mol. The summed E-state index contributed by atoms with van der Waals surface area (Å²) < 4.78 is 32.4. The van der Waals surface area contributed by atoms with E-state index in [2.05, 4.69) is 55.6 Å². The third-order valence-corrected chi connectivity index (χ3v) is 9.26. The Balaban J connectivity index is 3.98. The fraction of sp³-hybridized carbons (Fsp3) is 0.775. The lowest BCUT2D eigenvalue weighted by Gasteiger charge is -2.21. The van der Waals surface area contributed by atoms with E-state index in [0.29, 0.717) is 6.42 Å². The Morgan fingerprint density at radius 3 is 1.51 bits per heavy atom. The van der Waals surface area contributed by atoms with Crippen LogP contribution in [0.5, 0.6) is 0 Å². The van der Waals surface area contributed by atoms with E-state index < -0.39 is 28.0 Å². The molecule has 0 aromatic carbocycles. The largest absolute Gasteiger partial charge is 0.387 e. The summed E-state index contributed by atoms with van der Waals surface area (Å²) in [5.41, 5.74) is 0. The lowest BCUT2D eigenvalue weighted by Crippen LogP contribution is -2.46. The number of aliphatic hydroxyl groups excluding tert-OH is 1. The van der Waals surface area contributed by atoms with Crippen molar-refractivity contribution in [1.82, 2.24) is 5.32 Å². The second kappa shape index (κ2) is 34.2. The molecule has 2 atom stereocenters. The van der Waals surface area contributed by atoms with E-state index in [9.17, 15) is 22.9 Å². The van der Waals surface area contributed by atoms with E-state index >= 15 is 0 Å². The number of carbonyl (C=O) groups excluding carboxylic acids is 1. The molecule has 6 nitrogen and oxygen atoms in total. The van der Waals surface area contributed by atoms with Crippen LogP contribution in [-0.2, 0) is 14.9 Å². The minimum Gasteiger partial charge on any atom is -0.387 e. The molecule has 1 amide bonds. The lowest BCUT2D eigenvalue weighted by molar-refractivity contribution is -0.122. The van der Waals surface area contributed by atoms with Crippen molar-refractivity contribution in [2.24, 2.45) is 0 Å². The molecular formula is C40H73NO5S. The van der Waals surface area contributed by atoms with Crippen molar-refractivity contribution >= 4 is 16.0 Å². The highest BCUT2D eigenvalue weighted by atomic mass is 32.2. The standard InChI is InChI=1S/C40H73NO5S/c1-3-5-7-9-11-13-15-17-18-19-20-21-22-24-26-28-30-32-34-36-40(43)41-38(37-47(44,45)46)39(42)35-33-31-29-27-25-23-16-14-12-10-8-6-4-2/h11,13,17-18,25,27,33,35,38-39,42H,3-10,12,14-16,19-24,26,28-32,34,36-37H2,1-2H3,(H,41,43)(H,44,45,46)/b13-11-,18-17-,27-25+,35-33+. The van der Waals surface area contributed by atoms with Gasteiger partial charge in [0.05, 0.1) is 17.9 Å². The maximum atomic E-state index is 12.5. The molecule has 0 aliphatic carbocycles. The first-order chi connectivity index (χ1) is 22.8. The number of unbranched alkanes of at least 4 members (excludes halogenated alkanes) is 20. The van der Waals surface area contributed by atoms with E-state index in [0.717, 1.165) is 44.9 Å². The molecule has 0 spiro atoms. The first-order valence-corrected chi connectivity index (χ1v) is 20.9. The molecule has 0 heterocycles. The van der Waals surface area contributed by atoms with Crippen LogP contribution in [0.3, 0.4) is 0 Å². The number of amides is 1. The number of aliphatic hydroxyl groups is 1. The normalized spacial score (nSPS) is 13.9. The molecule has 0 fully saturated rings. The Kier molecular flexibility index (Phi) is 32.9.